The number of fused-ring (bicyclic) bond motifs is 1. The molecule has 0 atom stereocenters. The molecule has 0 saturated carbocycles. The van der Waals surface area contributed by atoms with Crippen LogP contribution in [0.3, 0.4) is 0 Å². The average Bonchev–Trinajstić information content (AvgIpc) is 3.48. The van der Waals surface area contributed by atoms with Gasteiger partial charge in [-0.15, -0.1) is 0 Å². The van der Waals surface area contributed by atoms with E-state index >= 15 is 0 Å². The summed E-state index contributed by atoms with van der Waals surface area (Å²) in [6.45, 7) is 8.00. The molecule has 2 aromatic carbocycles. The van der Waals surface area contributed by atoms with Crippen molar-refractivity contribution in [2.24, 2.45) is 0 Å². The van der Waals surface area contributed by atoms with Gasteiger partial charge in [0.25, 0.3) is 0 Å². The van der Waals surface area contributed by atoms with Crippen LogP contribution in [0.5, 0.6) is 5.75 Å². The second kappa shape index (κ2) is 10.5. The van der Waals surface area contributed by atoms with Crippen molar-refractivity contribution in [3.63, 3.8) is 0 Å². The summed E-state index contributed by atoms with van der Waals surface area (Å²) in [5.41, 5.74) is 3.26. The lowest BCUT2D eigenvalue weighted by Gasteiger charge is -2.34. The molecule has 194 valence electrons. The van der Waals surface area contributed by atoms with Gasteiger partial charge in [-0.1, -0.05) is 59.6 Å². The molecule has 0 bridgehead atoms. The van der Waals surface area contributed by atoms with Crippen molar-refractivity contribution < 1.29 is 19.2 Å². The van der Waals surface area contributed by atoms with Gasteiger partial charge in [0, 0.05) is 49.8 Å². The highest BCUT2D eigenvalue weighted by Crippen LogP contribution is 2.39. The van der Waals surface area contributed by atoms with Crippen molar-refractivity contribution in [2.45, 2.75) is 26.3 Å². The Balaban J connectivity index is 1.36. The first kappa shape index (κ1) is 25.8. The third-order valence-electron chi connectivity index (χ3n) is 6.48. The predicted octanol–water partition coefficient (Wildman–Crippen LogP) is 6.41. The molecule has 5 rings (SSSR count). The Morgan fingerprint density at radius 2 is 1.89 bits per heavy atom. The smallest absolute Gasteiger partial charge is 0.335 e. The molecule has 0 radical (unpaired) electrons. The van der Waals surface area contributed by atoms with Gasteiger partial charge in [0.1, 0.15) is 22.7 Å². The van der Waals surface area contributed by atoms with Crippen molar-refractivity contribution in [2.75, 3.05) is 38.2 Å². The van der Waals surface area contributed by atoms with Crippen LogP contribution in [0.15, 0.2) is 34.9 Å². The van der Waals surface area contributed by atoms with Gasteiger partial charge in [-0.25, -0.2) is 9.78 Å². The summed E-state index contributed by atoms with van der Waals surface area (Å²) in [6.07, 6.45) is 0. The second-order valence-electron chi connectivity index (χ2n) is 9.22. The Kier molecular flexibility index (Phi) is 7.31. The van der Waals surface area contributed by atoms with E-state index in [1.165, 1.54) is 24.5 Å². The number of thiazole rings is 1. The number of carboxylic acid groups (broad SMARTS) is 1. The molecule has 11 heteroatoms. The van der Waals surface area contributed by atoms with Crippen LogP contribution < -0.4 is 9.64 Å². The van der Waals surface area contributed by atoms with Gasteiger partial charge in [0.2, 0.25) is 0 Å². The minimum Gasteiger partial charge on any atom is -0.494 e. The molecule has 8 nitrogen and oxygen atoms in total. The third-order valence-corrected chi connectivity index (χ3v) is 8.18. The van der Waals surface area contributed by atoms with E-state index in [9.17, 15) is 9.90 Å². The van der Waals surface area contributed by atoms with Crippen LogP contribution >= 0.6 is 34.5 Å². The minimum atomic E-state index is -0.990. The van der Waals surface area contributed by atoms with Crippen LogP contribution in [0.2, 0.25) is 10.0 Å². The maximum absolute atomic E-state index is 11.5. The van der Waals surface area contributed by atoms with Gasteiger partial charge in [0.15, 0.2) is 5.13 Å². The number of hydrogen-bond donors (Lipinski definition) is 1. The number of methoxy groups -OCH3 is 1. The van der Waals surface area contributed by atoms with Crippen molar-refractivity contribution in [1.82, 2.24) is 15.0 Å². The standard InChI is InChI=1S/C26H26Cl2N4O4S/c1-14(2)24-16(22(30-36-24)21-17(27)5-4-6-18(21)28)13-31-7-9-32(10-8-31)26-29-23-19(35-3)11-15(25(33)34)12-20(23)37-26/h4-6,11-12,14H,7-10,13H2,1-3H3,(H,33,34). The van der Waals surface area contributed by atoms with Crippen LogP contribution in [0, 0.1) is 0 Å². The fourth-order valence-electron chi connectivity index (χ4n) is 4.57. The quantitative estimate of drug-likeness (QED) is 0.277. The van der Waals surface area contributed by atoms with E-state index in [0.717, 1.165) is 47.3 Å². The maximum atomic E-state index is 11.5. The van der Waals surface area contributed by atoms with Gasteiger partial charge < -0.3 is 19.3 Å². The lowest BCUT2D eigenvalue weighted by atomic mass is 10.00. The van der Waals surface area contributed by atoms with Gasteiger partial charge in [-0.05, 0) is 24.3 Å². The van der Waals surface area contributed by atoms with E-state index < -0.39 is 5.97 Å². The minimum absolute atomic E-state index is 0.159. The van der Waals surface area contributed by atoms with E-state index in [4.69, 9.17) is 37.4 Å². The molecule has 0 aliphatic carbocycles. The topological polar surface area (TPSA) is 91.9 Å². The number of hydrogen-bond acceptors (Lipinski definition) is 8. The molecule has 1 aliphatic rings. The molecule has 1 N–H and O–H groups in total. The number of halogens is 2. The largest absolute Gasteiger partial charge is 0.494 e. The highest BCUT2D eigenvalue weighted by atomic mass is 35.5. The molecule has 1 aliphatic heterocycles. The highest BCUT2D eigenvalue weighted by Gasteiger charge is 2.27. The summed E-state index contributed by atoms with van der Waals surface area (Å²) in [6, 6.07) is 8.60. The second-order valence-corrected chi connectivity index (χ2v) is 11.0. The van der Waals surface area contributed by atoms with Crippen molar-refractivity contribution in [1.29, 1.82) is 0 Å². The maximum Gasteiger partial charge on any atom is 0.335 e. The first-order valence-electron chi connectivity index (χ1n) is 11.9. The summed E-state index contributed by atoms with van der Waals surface area (Å²) < 4.78 is 12.0. The fraction of sp³-hybridized carbons (Fsp3) is 0.346. The zero-order chi connectivity index (χ0) is 26.3. The first-order valence-corrected chi connectivity index (χ1v) is 13.5. The molecule has 0 amide bonds. The Labute approximate surface area is 228 Å². The summed E-state index contributed by atoms with van der Waals surface area (Å²) in [5.74, 6) is 0.472. The molecule has 1 saturated heterocycles. The van der Waals surface area contributed by atoms with Crippen LogP contribution in [0.1, 0.15) is 41.4 Å². The van der Waals surface area contributed by atoms with Crippen LogP contribution in [0.25, 0.3) is 21.5 Å². The first-order chi connectivity index (χ1) is 17.8. The number of rotatable bonds is 7. The molecule has 1 fully saturated rings. The molecular formula is C26H26Cl2N4O4S. The number of carboxylic acids is 1. The monoisotopic (exact) mass is 560 g/mol. The Bertz CT molecular complexity index is 1440. The number of aromatic nitrogens is 2. The number of ether oxygens (including phenoxy) is 1. The summed E-state index contributed by atoms with van der Waals surface area (Å²) in [4.78, 5) is 20.9. The molecule has 0 spiro atoms. The van der Waals surface area contributed by atoms with Crippen molar-refractivity contribution in [3.8, 4) is 17.0 Å². The summed E-state index contributed by atoms with van der Waals surface area (Å²) in [7, 11) is 1.53. The lowest BCUT2D eigenvalue weighted by Crippen LogP contribution is -2.46. The number of nitrogens with zero attached hydrogens (tertiary/aromatic N) is 4. The predicted molar refractivity (Wildman–Crippen MR) is 147 cm³/mol. The molecule has 37 heavy (non-hydrogen) atoms. The Hall–Kier alpha value is -2.85. The van der Waals surface area contributed by atoms with Crippen LogP contribution in [0.4, 0.5) is 5.13 Å². The number of benzene rings is 2. The van der Waals surface area contributed by atoms with E-state index in [-0.39, 0.29) is 11.5 Å². The lowest BCUT2D eigenvalue weighted by molar-refractivity contribution is 0.0696. The average molecular weight is 561 g/mol. The summed E-state index contributed by atoms with van der Waals surface area (Å²) in [5, 5.41) is 15.7. The zero-order valence-corrected chi connectivity index (χ0v) is 23.0. The Morgan fingerprint density at radius 3 is 2.51 bits per heavy atom. The third kappa shape index (κ3) is 5.01. The van der Waals surface area contributed by atoms with Crippen LogP contribution in [-0.2, 0) is 6.54 Å². The molecular weight excluding hydrogens is 535 g/mol. The number of piperazine rings is 1. The van der Waals surface area contributed by atoms with Gasteiger partial charge in [0.05, 0.1) is 27.4 Å². The van der Waals surface area contributed by atoms with Gasteiger partial charge in [-0.2, -0.15) is 0 Å². The molecule has 4 aromatic rings. The SMILES string of the molecule is COc1cc(C(=O)O)cc2sc(N3CCN(Cc4c(-c5c(Cl)cccc5Cl)noc4C(C)C)CC3)nc12. The summed E-state index contributed by atoms with van der Waals surface area (Å²) >= 11 is 14.5. The van der Waals surface area contributed by atoms with E-state index in [2.05, 4.69) is 28.8 Å². The van der Waals surface area contributed by atoms with Crippen LogP contribution in [-0.4, -0.2) is 59.4 Å². The number of aromatic carboxylic acids is 1. The fourth-order valence-corrected chi connectivity index (χ4v) is 6.22. The number of anilines is 1. The van der Waals surface area contributed by atoms with E-state index in [1.807, 2.05) is 18.2 Å². The van der Waals surface area contributed by atoms with Gasteiger partial charge >= 0.3 is 5.97 Å². The Morgan fingerprint density at radius 1 is 1.19 bits per heavy atom. The van der Waals surface area contributed by atoms with Crippen molar-refractivity contribution >= 4 is 55.9 Å². The van der Waals surface area contributed by atoms with Gasteiger partial charge in [-0.3, -0.25) is 4.90 Å². The van der Waals surface area contributed by atoms with E-state index in [1.54, 1.807) is 6.07 Å². The van der Waals surface area contributed by atoms with E-state index in [0.29, 0.717) is 39.1 Å². The number of carbonyl (C=O) groups is 1. The highest BCUT2D eigenvalue weighted by molar-refractivity contribution is 7.22. The molecule has 2 aromatic heterocycles. The van der Waals surface area contributed by atoms with Crippen molar-refractivity contribution in [3.05, 3.63) is 57.3 Å². The zero-order valence-electron chi connectivity index (χ0n) is 20.6. The normalized spacial score (nSPS) is 14.6. The molecule has 0 unspecified atom stereocenters. The molecule has 3 heterocycles.